The van der Waals surface area contributed by atoms with E-state index in [2.05, 4.69) is 122 Å². The number of phenolic OH excluding ortho intramolecular Hbond substituents is 1. The highest BCUT2D eigenvalue weighted by molar-refractivity contribution is 7.92. The summed E-state index contributed by atoms with van der Waals surface area (Å²) in [5.41, 5.74) is 6.52. The Labute approximate surface area is 653 Å². The van der Waals surface area contributed by atoms with E-state index < -0.39 is 56.4 Å². The number of carbonyl (C=O) groups is 1. The van der Waals surface area contributed by atoms with E-state index >= 15 is 0 Å². The van der Waals surface area contributed by atoms with Gasteiger partial charge in [0.1, 0.15) is 92.2 Å². The van der Waals surface area contributed by atoms with E-state index in [4.69, 9.17) is 11.6 Å². The zero-order valence-electron chi connectivity index (χ0n) is 57.0. The number of amides is 1. The smallest absolute Gasteiger partial charge is 0.297 e. The van der Waals surface area contributed by atoms with Crippen LogP contribution in [0.25, 0.3) is 77.6 Å². The third kappa shape index (κ3) is 16.9. The zero-order chi connectivity index (χ0) is 80.8. The third-order valence-corrected chi connectivity index (χ3v) is 22.0. The van der Waals surface area contributed by atoms with Crippen LogP contribution in [0.5, 0.6) is 11.5 Å². The van der Waals surface area contributed by atoms with Gasteiger partial charge in [0.05, 0.1) is 75.9 Å². The molecule has 16 aromatic rings. The van der Waals surface area contributed by atoms with Crippen molar-refractivity contribution in [3.8, 4) is 22.9 Å². The number of halogens is 1. The highest BCUT2D eigenvalue weighted by atomic mass is 35.5. The van der Waals surface area contributed by atoms with Gasteiger partial charge in [-0.15, -0.1) is 61.3 Å². The van der Waals surface area contributed by atoms with Crippen molar-refractivity contribution in [2.45, 2.75) is 47.3 Å². The van der Waals surface area contributed by atoms with Gasteiger partial charge in [-0.3, -0.25) is 37.9 Å². The van der Waals surface area contributed by atoms with Crippen LogP contribution in [0.2, 0.25) is 5.28 Å². The fourth-order valence-electron chi connectivity index (χ4n) is 10.6. The number of aromatic amines is 2. The minimum absolute atomic E-state index is 0.0217. The lowest BCUT2D eigenvalue weighted by molar-refractivity contribution is -0.114. The lowest BCUT2D eigenvalue weighted by Crippen LogP contribution is -2.09. The molecular formula is C59H44ClN27O17S9. The van der Waals surface area contributed by atoms with Crippen molar-refractivity contribution in [1.29, 1.82) is 0 Å². The fourth-order valence-corrected chi connectivity index (χ4v) is 16.5. The molecule has 0 bridgehead atoms. The number of nitrogens with one attached hydrogen (secondary N) is 4. The molecule has 0 spiro atoms. The van der Waals surface area contributed by atoms with Gasteiger partial charge >= 0.3 is 0 Å². The van der Waals surface area contributed by atoms with Gasteiger partial charge in [-0.05, 0) is 111 Å². The lowest BCUT2D eigenvalue weighted by Gasteiger charge is -2.11. The summed E-state index contributed by atoms with van der Waals surface area (Å²) in [6.45, 7) is 6.34. The summed E-state index contributed by atoms with van der Waals surface area (Å²) in [4.78, 5) is 13.6. The number of fused-ring (bicyclic) bond motifs is 7. The Bertz CT molecular complexity index is 7270. The molecule has 0 saturated heterocycles. The van der Waals surface area contributed by atoms with Crippen molar-refractivity contribution in [3.63, 3.8) is 0 Å². The summed E-state index contributed by atoms with van der Waals surface area (Å²) < 4.78 is 190. The standard InChI is InChI=1S/C18H15N5O6S3.C17H12N8O3S2.C13H10N6O5S2.C11H7ClN8O3S2/c1-9-8-13(16-17(22-30-21-16)18(9)32(27,28)29)20-19-11-6-7-14(24)10-4-3-5-12(15(10)11)23-31(2,25)26;1-9-13(17-21-20-16(25(17)22-9)10-5-3-2-4-6-10)19-18-11-7-8-12(30(26,27)28)15-14(11)23-29-24-15;1-6(20)14-13-8(21)3-5-10(15-13)17-16-7-2-4-9(26(22,23)24)12-11(7)18-25-19-12;1-4-7(10-15-16-11(12)20(10)17-4)14-13-5-2-3-6(25(21,22)23)9-8(5)18-24-19-9/h3-8,23-24H,1-2H3,(H,27,28,29);2-8,22H,1H3,(H,26,27,28);2-5,21H,1H3,(H,14,15,20)(H,22,23,24);2-3,17H,1H3,(H,21,22,23). The van der Waals surface area contributed by atoms with Crippen molar-refractivity contribution in [3.05, 3.63) is 137 Å². The van der Waals surface area contributed by atoms with E-state index in [0.717, 1.165) is 70.5 Å². The van der Waals surface area contributed by atoms with Crippen LogP contribution in [0.15, 0.2) is 176 Å². The van der Waals surface area contributed by atoms with Gasteiger partial charge in [0, 0.05) is 23.3 Å². The first-order valence-electron chi connectivity index (χ1n) is 30.9. The number of hydrogen-bond donors (Lipinski definition) is 10. The first-order valence-corrected chi connectivity index (χ1v) is 41.8. The van der Waals surface area contributed by atoms with Crippen LogP contribution in [0.3, 0.4) is 0 Å². The van der Waals surface area contributed by atoms with Crippen LogP contribution < -0.4 is 10.0 Å². The molecule has 1 amide bonds. The molecule has 16 rings (SSSR count). The summed E-state index contributed by atoms with van der Waals surface area (Å²) in [5, 5.41) is 78.2. The van der Waals surface area contributed by atoms with Gasteiger partial charge in [-0.2, -0.15) is 68.7 Å². The minimum Gasteiger partial charge on any atom is -0.507 e. The predicted molar refractivity (Wildman–Crippen MR) is 409 cm³/mol. The van der Waals surface area contributed by atoms with Gasteiger partial charge in [-0.1, -0.05) is 42.5 Å². The topological polar surface area (TPSA) is 640 Å². The van der Waals surface area contributed by atoms with Crippen LogP contribution in [0.4, 0.5) is 57.1 Å². The number of rotatable bonds is 16. The maximum Gasteiger partial charge on any atom is 0.297 e. The Morgan fingerprint density at radius 2 is 0.929 bits per heavy atom. The zero-order valence-corrected chi connectivity index (χ0v) is 65.1. The van der Waals surface area contributed by atoms with Gasteiger partial charge in [-0.25, -0.2) is 22.4 Å². The Balaban J connectivity index is 0.000000132. The van der Waals surface area contributed by atoms with Crippen LogP contribution in [0.1, 0.15) is 23.9 Å². The molecular weight excluding hydrogens is 1680 g/mol. The minimum atomic E-state index is -4.53. The summed E-state index contributed by atoms with van der Waals surface area (Å²) in [5.74, 6) is -0.0760. The molecule has 0 aliphatic carbocycles. The van der Waals surface area contributed by atoms with Gasteiger partial charge < -0.3 is 15.5 Å². The molecule has 0 atom stereocenters. The highest BCUT2D eigenvalue weighted by Gasteiger charge is 2.27. The van der Waals surface area contributed by atoms with Crippen LogP contribution in [-0.2, 0) is 55.3 Å². The van der Waals surface area contributed by atoms with Crippen molar-refractivity contribution in [2.24, 2.45) is 40.9 Å². The summed E-state index contributed by atoms with van der Waals surface area (Å²) in [7, 11) is -21.4. The first-order chi connectivity index (χ1) is 53.5. The summed E-state index contributed by atoms with van der Waals surface area (Å²) in [6, 6.07) is 28.9. The largest absolute Gasteiger partial charge is 0.507 e. The SMILES string of the molecule is CC(=O)Nc1nc(N=Nc2ccc(S(=O)(=O)O)c3nsnc23)ccc1O.Cc1[nH]n2c(-c3ccccc3)nnc2c1N=Nc1ccc(S(=O)(=O)O)c2nsnc12.Cc1[nH]n2c(Cl)nnc2c1N=Nc1ccc(S(=O)(=O)O)c2nsnc12.Cc1cc(N=Nc2ccc(O)c3cccc(NS(C)(=O)=O)c23)c2nsnc2c1S(=O)(=O)O. The van der Waals surface area contributed by atoms with E-state index in [1.807, 2.05) is 37.3 Å². The van der Waals surface area contributed by atoms with E-state index in [-0.39, 0.29) is 120 Å². The van der Waals surface area contributed by atoms with Crippen molar-refractivity contribution in [1.82, 2.24) is 79.6 Å². The summed E-state index contributed by atoms with van der Waals surface area (Å²) >= 11 is 9.02. The lowest BCUT2D eigenvalue weighted by atomic mass is 10.1. The molecule has 578 valence electrons. The second-order valence-electron chi connectivity index (χ2n) is 23.1. The van der Waals surface area contributed by atoms with E-state index in [1.165, 1.54) is 85.1 Å². The first kappa shape index (κ1) is 78.8. The predicted octanol–water partition coefficient (Wildman–Crippen LogP) is 12.7. The number of phenols is 1. The Morgan fingerprint density at radius 1 is 0.478 bits per heavy atom. The molecule has 0 fully saturated rings. The highest BCUT2D eigenvalue weighted by Crippen LogP contribution is 2.42. The number of nitrogens with zero attached hydrogens (tertiary/aromatic N) is 23. The van der Waals surface area contributed by atoms with E-state index in [1.54, 1.807) is 23.6 Å². The van der Waals surface area contributed by atoms with Crippen molar-refractivity contribution >= 4 is 238 Å². The third-order valence-electron chi connectivity index (χ3n) is 15.3. The van der Waals surface area contributed by atoms with Crippen LogP contribution >= 0.6 is 58.5 Å². The molecule has 0 unspecified atom stereocenters. The van der Waals surface area contributed by atoms with Crippen LogP contribution in [-0.4, -0.2) is 162 Å². The number of azo groups is 4. The number of aryl methyl sites for hydroxylation is 3. The molecule has 9 aromatic heterocycles. The molecule has 0 aliphatic rings. The molecule has 113 heavy (non-hydrogen) atoms. The number of carbonyl (C=O) groups excluding carboxylic acids is 1. The van der Waals surface area contributed by atoms with Crippen molar-refractivity contribution < 1.29 is 75.3 Å². The average molecular weight is 1730 g/mol. The van der Waals surface area contributed by atoms with E-state index in [0.29, 0.717) is 56.3 Å². The molecule has 0 radical (unpaired) electrons. The maximum absolute atomic E-state index is 11.8. The number of hydrogen-bond acceptors (Lipinski definition) is 38. The molecule has 44 nitrogen and oxygen atoms in total. The number of pyridine rings is 1. The normalized spacial score (nSPS) is 12.5. The number of aromatic nitrogens is 17. The quantitative estimate of drug-likeness (QED) is 0.0317. The molecule has 9 heterocycles. The second-order valence-corrected chi connectivity index (χ2v) is 32.8. The van der Waals surface area contributed by atoms with Gasteiger partial charge in [0.2, 0.25) is 32.5 Å². The number of anilines is 2. The molecule has 10 N–H and O–H groups in total. The number of aromatic hydroxyl groups is 2. The van der Waals surface area contributed by atoms with Crippen LogP contribution in [0, 0.1) is 20.8 Å². The van der Waals surface area contributed by atoms with Gasteiger partial charge in [0.15, 0.2) is 34.6 Å². The molecule has 7 aromatic carbocycles. The average Bonchev–Trinajstić information content (AvgIpc) is 1.76. The molecule has 54 heteroatoms. The van der Waals surface area contributed by atoms with Gasteiger partial charge in [0.25, 0.3) is 40.5 Å². The Hall–Kier alpha value is -12.3. The molecule has 0 aliphatic heterocycles. The maximum atomic E-state index is 11.8. The molecule has 0 saturated carbocycles. The van der Waals surface area contributed by atoms with Crippen molar-refractivity contribution in [2.75, 3.05) is 16.3 Å². The van der Waals surface area contributed by atoms with E-state index in [9.17, 15) is 75.3 Å². The summed E-state index contributed by atoms with van der Waals surface area (Å²) in [6.07, 6.45) is 1.00. The monoisotopic (exact) mass is 1730 g/mol. The number of H-pyrrole nitrogens is 2. The number of sulfonamides is 1. The number of benzene rings is 7. The Morgan fingerprint density at radius 3 is 1.44 bits per heavy atom. The second kappa shape index (κ2) is 31.1. The fraction of sp³-hybridized carbons (Fsp3) is 0.0847. The Kier molecular flexibility index (Phi) is 21.7.